The van der Waals surface area contributed by atoms with Gasteiger partial charge in [0.15, 0.2) is 5.60 Å². The zero-order valence-corrected chi connectivity index (χ0v) is 14.7. The minimum absolute atomic E-state index is 0.0778. The molecule has 9 nitrogen and oxygen atoms in total. The first kappa shape index (κ1) is 20.6. The van der Waals surface area contributed by atoms with Crippen LogP contribution in [0.15, 0.2) is 54.6 Å². The van der Waals surface area contributed by atoms with Crippen LogP contribution in [0.1, 0.15) is 17.5 Å². The predicted octanol–water partition coefficient (Wildman–Crippen LogP) is -0.697. The molecule has 0 saturated carbocycles. The van der Waals surface area contributed by atoms with E-state index >= 15 is 0 Å². The number of hydrogen-bond donors (Lipinski definition) is 4. The van der Waals surface area contributed by atoms with Crippen molar-refractivity contribution in [1.82, 2.24) is 5.32 Å². The summed E-state index contributed by atoms with van der Waals surface area (Å²) in [6.07, 6.45) is -0.261. The molecule has 9 heteroatoms. The molecule has 0 spiro atoms. The topological polar surface area (TPSA) is 162 Å². The number of esters is 1. The summed E-state index contributed by atoms with van der Waals surface area (Å²) in [5.41, 5.74) is 8.34. The lowest BCUT2D eigenvalue weighted by Gasteiger charge is -2.27. The van der Waals surface area contributed by atoms with Crippen LogP contribution in [-0.2, 0) is 24.8 Å². The number of rotatable bonds is 9. The van der Waals surface area contributed by atoms with Crippen molar-refractivity contribution >= 4 is 24.2 Å². The molecule has 2 aromatic carbocycles. The number of aliphatic hydroxyl groups is 1. The minimum atomic E-state index is -2.28. The van der Waals surface area contributed by atoms with Gasteiger partial charge in [0.05, 0.1) is 6.42 Å². The van der Waals surface area contributed by atoms with Crippen LogP contribution in [0.3, 0.4) is 0 Å². The molecule has 146 valence electrons. The van der Waals surface area contributed by atoms with E-state index < -0.39 is 35.8 Å². The summed E-state index contributed by atoms with van der Waals surface area (Å²) in [4.78, 5) is 46.3. The summed E-state index contributed by atoms with van der Waals surface area (Å²) in [6.45, 7) is 0. The monoisotopic (exact) mass is 385 g/mol. The quantitative estimate of drug-likeness (QED) is 0.253. The number of hydrogen-bond acceptors (Lipinski definition) is 6. The third-order valence-electron chi connectivity index (χ3n) is 3.99. The molecule has 0 aromatic heterocycles. The molecule has 2 atom stereocenters. The molecule has 0 aliphatic rings. The molecule has 0 saturated heterocycles. The Balaban J connectivity index is 2.46. The molecule has 28 heavy (non-hydrogen) atoms. The van der Waals surface area contributed by atoms with Gasteiger partial charge in [-0.25, -0.2) is 4.79 Å². The lowest BCUT2D eigenvalue weighted by Crippen LogP contribution is -2.44. The Morgan fingerprint density at radius 3 is 2.25 bits per heavy atom. The Morgan fingerprint density at radius 1 is 1.07 bits per heavy atom. The maximum atomic E-state index is 12.4. The van der Waals surface area contributed by atoms with Crippen LogP contribution in [0.4, 0.5) is 0 Å². The van der Waals surface area contributed by atoms with Crippen molar-refractivity contribution in [2.45, 2.75) is 18.1 Å². The van der Waals surface area contributed by atoms with Gasteiger partial charge in [0, 0.05) is 5.56 Å². The standard InChI is InChI=1S/C19H19N3O6/c20-16(24)10-14(22-11-23)17(25)28-15-9-5-4-8-13(15)19(27,18(21)26)12-6-2-1-3-7-12/h1-9,11,14,27H,10H2,(H2,20,24)(H2,21,26)(H,22,23). The van der Waals surface area contributed by atoms with Crippen molar-refractivity contribution < 1.29 is 29.0 Å². The Morgan fingerprint density at radius 2 is 1.68 bits per heavy atom. The SMILES string of the molecule is NC(=O)CC(NC=O)C(=O)Oc1ccccc1C(O)(C(N)=O)c1ccccc1. The zero-order valence-electron chi connectivity index (χ0n) is 14.7. The zero-order chi connectivity index (χ0) is 20.7. The fraction of sp³-hybridized carbons (Fsp3) is 0.158. The van der Waals surface area contributed by atoms with Gasteiger partial charge in [0.25, 0.3) is 5.91 Å². The van der Waals surface area contributed by atoms with Crippen molar-refractivity contribution in [3.8, 4) is 5.75 Å². The molecule has 0 fully saturated rings. The number of primary amides is 2. The molecule has 2 rings (SSSR count). The number of carbonyl (C=O) groups is 4. The van der Waals surface area contributed by atoms with Crippen LogP contribution in [0.5, 0.6) is 5.75 Å². The van der Waals surface area contributed by atoms with E-state index in [0.717, 1.165) is 0 Å². The highest BCUT2D eigenvalue weighted by molar-refractivity contribution is 5.91. The van der Waals surface area contributed by atoms with E-state index in [1.165, 1.54) is 36.4 Å². The third-order valence-corrected chi connectivity index (χ3v) is 3.99. The highest BCUT2D eigenvalue weighted by Crippen LogP contribution is 2.35. The second kappa shape index (κ2) is 8.78. The number of nitrogens with two attached hydrogens (primary N) is 2. The highest BCUT2D eigenvalue weighted by atomic mass is 16.5. The molecule has 0 heterocycles. The van der Waals surface area contributed by atoms with Gasteiger partial charge in [0.1, 0.15) is 11.8 Å². The number of amides is 3. The van der Waals surface area contributed by atoms with Crippen molar-refractivity contribution in [1.29, 1.82) is 0 Å². The van der Waals surface area contributed by atoms with E-state index in [9.17, 15) is 24.3 Å². The summed E-state index contributed by atoms with van der Waals surface area (Å²) in [6, 6.07) is 12.3. The average Bonchev–Trinajstić information content (AvgIpc) is 2.67. The Hall–Kier alpha value is -3.72. The fourth-order valence-electron chi connectivity index (χ4n) is 2.64. The van der Waals surface area contributed by atoms with Gasteiger partial charge in [-0.3, -0.25) is 14.4 Å². The Kier molecular flexibility index (Phi) is 6.46. The molecule has 3 amide bonds. The molecule has 2 unspecified atom stereocenters. The maximum absolute atomic E-state index is 12.4. The number of carbonyl (C=O) groups excluding carboxylic acids is 4. The van der Waals surface area contributed by atoms with E-state index in [2.05, 4.69) is 5.32 Å². The first-order chi connectivity index (χ1) is 13.3. The van der Waals surface area contributed by atoms with Gasteiger partial charge in [-0.05, 0) is 11.6 Å². The maximum Gasteiger partial charge on any atom is 0.334 e. The van der Waals surface area contributed by atoms with E-state index in [1.54, 1.807) is 18.2 Å². The van der Waals surface area contributed by atoms with Crippen LogP contribution in [-0.4, -0.2) is 35.3 Å². The van der Waals surface area contributed by atoms with Crippen LogP contribution < -0.4 is 21.5 Å². The van der Waals surface area contributed by atoms with Crippen LogP contribution in [0.2, 0.25) is 0 Å². The second-order valence-corrected chi connectivity index (χ2v) is 5.87. The molecule has 0 bridgehead atoms. The molecular formula is C19H19N3O6. The van der Waals surface area contributed by atoms with E-state index in [0.29, 0.717) is 0 Å². The predicted molar refractivity (Wildman–Crippen MR) is 97.5 cm³/mol. The Labute approximate surface area is 160 Å². The molecule has 0 aliphatic heterocycles. The van der Waals surface area contributed by atoms with E-state index in [-0.39, 0.29) is 23.3 Å². The molecule has 0 radical (unpaired) electrons. The van der Waals surface area contributed by atoms with E-state index in [4.69, 9.17) is 16.2 Å². The van der Waals surface area contributed by atoms with E-state index in [1.807, 2.05) is 0 Å². The number of ether oxygens (including phenoxy) is 1. The third kappa shape index (κ3) is 4.33. The van der Waals surface area contributed by atoms with Crippen LogP contribution in [0, 0.1) is 0 Å². The lowest BCUT2D eigenvalue weighted by atomic mass is 9.85. The van der Waals surface area contributed by atoms with Gasteiger partial charge in [-0.2, -0.15) is 0 Å². The fourth-order valence-corrected chi connectivity index (χ4v) is 2.64. The normalized spacial score (nSPS) is 13.6. The summed E-state index contributed by atoms with van der Waals surface area (Å²) in [5, 5.41) is 13.2. The summed E-state index contributed by atoms with van der Waals surface area (Å²) < 4.78 is 5.24. The van der Waals surface area contributed by atoms with Gasteiger partial charge in [-0.1, -0.05) is 48.5 Å². The smallest absolute Gasteiger partial charge is 0.334 e. The number of nitrogens with one attached hydrogen (secondary N) is 1. The van der Waals surface area contributed by atoms with Crippen LogP contribution in [0.25, 0.3) is 0 Å². The van der Waals surface area contributed by atoms with Crippen molar-refractivity contribution in [3.05, 3.63) is 65.7 Å². The summed E-state index contributed by atoms with van der Waals surface area (Å²) in [7, 11) is 0. The Bertz CT molecular complexity index is 886. The molecule has 0 aliphatic carbocycles. The molecular weight excluding hydrogens is 366 g/mol. The minimum Gasteiger partial charge on any atom is -0.425 e. The van der Waals surface area contributed by atoms with Crippen molar-refractivity contribution in [2.75, 3.05) is 0 Å². The first-order valence-corrected chi connectivity index (χ1v) is 8.17. The summed E-state index contributed by atoms with van der Waals surface area (Å²) >= 11 is 0. The molecule has 6 N–H and O–H groups in total. The van der Waals surface area contributed by atoms with Gasteiger partial charge >= 0.3 is 5.97 Å². The van der Waals surface area contributed by atoms with Gasteiger partial charge in [0.2, 0.25) is 12.3 Å². The van der Waals surface area contributed by atoms with Crippen LogP contribution >= 0.6 is 0 Å². The molecule has 2 aromatic rings. The lowest BCUT2D eigenvalue weighted by molar-refractivity contribution is -0.140. The van der Waals surface area contributed by atoms with Crippen molar-refractivity contribution in [3.63, 3.8) is 0 Å². The second-order valence-electron chi connectivity index (χ2n) is 5.87. The van der Waals surface area contributed by atoms with Gasteiger partial charge in [-0.15, -0.1) is 0 Å². The summed E-state index contributed by atoms with van der Waals surface area (Å²) in [5.74, 6) is -3.08. The first-order valence-electron chi connectivity index (χ1n) is 8.17. The number of benzene rings is 2. The van der Waals surface area contributed by atoms with Crippen molar-refractivity contribution in [2.24, 2.45) is 11.5 Å². The number of para-hydroxylation sites is 1. The average molecular weight is 385 g/mol. The van der Waals surface area contributed by atoms with Gasteiger partial charge < -0.3 is 26.6 Å². The highest BCUT2D eigenvalue weighted by Gasteiger charge is 2.41. The largest absolute Gasteiger partial charge is 0.425 e.